The van der Waals surface area contributed by atoms with E-state index in [0.717, 1.165) is 16.1 Å². The fourth-order valence-electron chi connectivity index (χ4n) is 1.21. The van der Waals surface area contributed by atoms with E-state index in [2.05, 4.69) is 39.5 Å². The van der Waals surface area contributed by atoms with Gasteiger partial charge in [-0.1, -0.05) is 26.8 Å². The first-order valence-electron chi connectivity index (χ1n) is 4.42. The van der Waals surface area contributed by atoms with Crippen LogP contribution in [0.3, 0.4) is 0 Å². The number of hydrogen-bond acceptors (Lipinski definition) is 2. The normalized spacial score (nSPS) is 11.8. The van der Waals surface area contributed by atoms with Gasteiger partial charge in [-0.05, 0) is 29.5 Å². The quantitative estimate of drug-likeness (QED) is 0.482. The highest BCUT2D eigenvalue weighted by Crippen LogP contribution is 2.29. The summed E-state index contributed by atoms with van der Waals surface area (Å²) in [4.78, 5) is 0.880. The average Bonchev–Trinajstić information content (AvgIpc) is 1.97. The largest absolute Gasteiger partial charge is 0.398 e. The molecule has 0 aromatic heterocycles. The maximum atomic E-state index is 5.82. The molecule has 0 aliphatic rings. The summed E-state index contributed by atoms with van der Waals surface area (Å²) < 4.78 is 0. The molecular formula is C11H17NS. The van der Waals surface area contributed by atoms with Crippen LogP contribution in [0, 0.1) is 6.92 Å². The number of aryl methyl sites for hydroxylation is 1. The summed E-state index contributed by atoms with van der Waals surface area (Å²) in [6.07, 6.45) is 0. The third-order valence-corrected chi connectivity index (χ3v) is 2.60. The van der Waals surface area contributed by atoms with E-state index in [1.54, 1.807) is 0 Å². The van der Waals surface area contributed by atoms with Crippen LogP contribution in [0.1, 0.15) is 31.9 Å². The standard InChI is InChI=1S/C11H17NS/c1-7-5-8(11(2,3)4)6-9(13)10(7)12/h5-6,13H,12H2,1-4H3. The highest BCUT2D eigenvalue weighted by atomic mass is 32.1. The van der Waals surface area contributed by atoms with Gasteiger partial charge in [-0.3, -0.25) is 0 Å². The Hall–Kier alpha value is -0.630. The molecular weight excluding hydrogens is 178 g/mol. The molecule has 2 N–H and O–H groups in total. The van der Waals surface area contributed by atoms with Gasteiger partial charge in [0, 0.05) is 10.6 Å². The minimum absolute atomic E-state index is 0.163. The molecule has 13 heavy (non-hydrogen) atoms. The second kappa shape index (κ2) is 3.26. The average molecular weight is 195 g/mol. The zero-order chi connectivity index (χ0) is 10.2. The lowest BCUT2D eigenvalue weighted by Crippen LogP contribution is -2.12. The van der Waals surface area contributed by atoms with Crippen LogP contribution in [0.5, 0.6) is 0 Å². The third-order valence-electron chi connectivity index (χ3n) is 2.23. The minimum atomic E-state index is 0.163. The summed E-state index contributed by atoms with van der Waals surface area (Å²) in [5, 5.41) is 0. The predicted octanol–water partition coefficient (Wildman–Crippen LogP) is 3.16. The maximum Gasteiger partial charge on any atom is 0.0479 e. The third kappa shape index (κ3) is 2.19. The molecule has 1 aromatic rings. The van der Waals surface area contributed by atoms with Gasteiger partial charge in [-0.2, -0.15) is 0 Å². The van der Waals surface area contributed by atoms with Crippen LogP contribution in [0.2, 0.25) is 0 Å². The second-order valence-electron chi connectivity index (χ2n) is 4.48. The van der Waals surface area contributed by atoms with Gasteiger partial charge in [-0.15, -0.1) is 12.6 Å². The van der Waals surface area contributed by atoms with Gasteiger partial charge in [-0.25, -0.2) is 0 Å². The van der Waals surface area contributed by atoms with E-state index in [0.29, 0.717) is 0 Å². The fraction of sp³-hybridized carbons (Fsp3) is 0.455. The molecule has 72 valence electrons. The van der Waals surface area contributed by atoms with Crippen molar-refractivity contribution < 1.29 is 0 Å². The van der Waals surface area contributed by atoms with Gasteiger partial charge in [0.05, 0.1) is 0 Å². The van der Waals surface area contributed by atoms with Crippen LogP contribution in [-0.2, 0) is 5.41 Å². The topological polar surface area (TPSA) is 26.0 Å². The molecule has 0 saturated heterocycles. The number of benzene rings is 1. The Morgan fingerprint density at radius 2 is 1.77 bits per heavy atom. The second-order valence-corrected chi connectivity index (χ2v) is 4.96. The van der Waals surface area contributed by atoms with E-state index in [-0.39, 0.29) is 5.41 Å². The summed E-state index contributed by atoms with van der Waals surface area (Å²) >= 11 is 4.34. The van der Waals surface area contributed by atoms with Gasteiger partial charge in [0.25, 0.3) is 0 Å². The molecule has 0 aliphatic heterocycles. The summed E-state index contributed by atoms with van der Waals surface area (Å²) in [6.45, 7) is 8.58. The van der Waals surface area contributed by atoms with Crippen molar-refractivity contribution in [2.45, 2.75) is 38.0 Å². The molecule has 0 aliphatic carbocycles. The fourth-order valence-corrected chi connectivity index (χ4v) is 1.53. The molecule has 0 atom stereocenters. The number of rotatable bonds is 0. The van der Waals surface area contributed by atoms with Crippen LogP contribution in [-0.4, -0.2) is 0 Å². The lowest BCUT2D eigenvalue weighted by atomic mass is 9.86. The SMILES string of the molecule is Cc1cc(C(C)(C)C)cc(S)c1N. The Balaban J connectivity index is 3.29. The lowest BCUT2D eigenvalue weighted by Gasteiger charge is -2.21. The predicted molar refractivity (Wildman–Crippen MR) is 61.5 cm³/mol. The molecule has 1 rings (SSSR count). The van der Waals surface area contributed by atoms with Crippen LogP contribution < -0.4 is 5.73 Å². The van der Waals surface area contributed by atoms with E-state index in [1.165, 1.54) is 5.56 Å². The summed E-state index contributed by atoms with van der Waals surface area (Å²) in [6, 6.07) is 4.18. The Bertz CT molecular complexity index is 300. The lowest BCUT2D eigenvalue weighted by molar-refractivity contribution is 0.588. The van der Waals surface area contributed by atoms with Gasteiger partial charge in [0.15, 0.2) is 0 Å². The van der Waals surface area contributed by atoms with Crippen LogP contribution in [0.25, 0.3) is 0 Å². The van der Waals surface area contributed by atoms with Crippen molar-refractivity contribution in [2.24, 2.45) is 0 Å². The van der Waals surface area contributed by atoms with Gasteiger partial charge >= 0.3 is 0 Å². The molecule has 0 unspecified atom stereocenters. The monoisotopic (exact) mass is 195 g/mol. The highest BCUT2D eigenvalue weighted by Gasteiger charge is 2.15. The maximum absolute atomic E-state index is 5.82. The molecule has 0 bridgehead atoms. The smallest absolute Gasteiger partial charge is 0.0479 e. The summed E-state index contributed by atoms with van der Waals surface area (Å²) in [7, 11) is 0. The van der Waals surface area contributed by atoms with E-state index in [1.807, 2.05) is 13.0 Å². The number of anilines is 1. The van der Waals surface area contributed by atoms with Crippen molar-refractivity contribution in [1.82, 2.24) is 0 Å². The Kier molecular flexibility index (Phi) is 2.62. The molecule has 0 fully saturated rings. The zero-order valence-corrected chi connectivity index (χ0v) is 9.57. The first-order chi connectivity index (χ1) is 5.82. The first kappa shape index (κ1) is 10.5. The molecule has 1 aromatic carbocycles. The zero-order valence-electron chi connectivity index (χ0n) is 8.68. The van der Waals surface area contributed by atoms with Crippen molar-refractivity contribution in [3.63, 3.8) is 0 Å². The van der Waals surface area contributed by atoms with E-state index in [9.17, 15) is 0 Å². The number of thiol groups is 1. The number of nitrogens with two attached hydrogens (primary N) is 1. The highest BCUT2D eigenvalue weighted by molar-refractivity contribution is 7.80. The van der Waals surface area contributed by atoms with E-state index < -0.39 is 0 Å². The molecule has 0 spiro atoms. The van der Waals surface area contributed by atoms with Gasteiger partial charge in [0.2, 0.25) is 0 Å². The van der Waals surface area contributed by atoms with Crippen LogP contribution >= 0.6 is 12.6 Å². The van der Waals surface area contributed by atoms with Crippen molar-refractivity contribution in [2.75, 3.05) is 5.73 Å². The van der Waals surface area contributed by atoms with Crippen LogP contribution in [0.15, 0.2) is 17.0 Å². The minimum Gasteiger partial charge on any atom is -0.398 e. The first-order valence-corrected chi connectivity index (χ1v) is 4.86. The van der Waals surface area contributed by atoms with Gasteiger partial charge in [0.1, 0.15) is 0 Å². The Morgan fingerprint density at radius 3 is 2.15 bits per heavy atom. The van der Waals surface area contributed by atoms with Gasteiger partial charge < -0.3 is 5.73 Å². The Morgan fingerprint density at radius 1 is 1.23 bits per heavy atom. The van der Waals surface area contributed by atoms with Crippen molar-refractivity contribution >= 4 is 18.3 Å². The summed E-state index contributed by atoms with van der Waals surface area (Å²) in [5.74, 6) is 0. The molecule has 0 saturated carbocycles. The Labute approximate surface area is 85.8 Å². The molecule has 0 heterocycles. The van der Waals surface area contributed by atoms with Crippen LogP contribution in [0.4, 0.5) is 5.69 Å². The van der Waals surface area contributed by atoms with Crippen molar-refractivity contribution in [1.29, 1.82) is 0 Å². The van der Waals surface area contributed by atoms with Crippen molar-refractivity contribution in [3.05, 3.63) is 23.3 Å². The number of hydrogen-bond donors (Lipinski definition) is 2. The molecule has 1 nitrogen and oxygen atoms in total. The molecule has 2 heteroatoms. The summed E-state index contributed by atoms with van der Waals surface area (Å²) in [5.41, 5.74) is 9.16. The van der Waals surface area contributed by atoms with E-state index in [4.69, 9.17) is 5.73 Å². The number of nitrogen functional groups attached to an aromatic ring is 1. The molecule has 0 radical (unpaired) electrons. The van der Waals surface area contributed by atoms with E-state index >= 15 is 0 Å². The van der Waals surface area contributed by atoms with Crippen molar-refractivity contribution in [3.8, 4) is 0 Å². The molecule has 0 amide bonds.